The predicted molar refractivity (Wildman–Crippen MR) is 59.4 cm³/mol. The Kier molecular flexibility index (Phi) is 3.97. The molecule has 0 radical (unpaired) electrons. The summed E-state index contributed by atoms with van der Waals surface area (Å²) in [5, 5.41) is 9.09. The van der Waals surface area contributed by atoms with Gasteiger partial charge in [-0.2, -0.15) is 0 Å². The maximum Gasteiger partial charge on any atom is 0.161 e. The first-order valence-electron chi connectivity index (χ1n) is 4.96. The molecule has 0 bridgehead atoms. The fourth-order valence-corrected chi connectivity index (χ4v) is 1.06. The Morgan fingerprint density at radius 3 is 2.33 bits per heavy atom. The van der Waals surface area contributed by atoms with Gasteiger partial charge in [-0.25, -0.2) is 0 Å². The summed E-state index contributed by atoms with van der Waals surface area (Å²) >= 11 is 0. The average Bonchev–Trinajstić information content (AvgIpc) is 2.27. The smallest absolute Gasteiger partial charge is 0.161 e. The summed E-state index contributed by atoms with van der Waals surface area (Å²) < 4.78 is 10.8. The number of para-hydroxylation sites is 2. The number of aliphatic hydroxyl groups excluding tert-OH is 1. The molecule has 0 atom stereocenters. The van der Waals surface area contributed by atoms with Crippen molar-refractivity contribution in [1.29, 1.82) is 0 Å². The van der Waals surface area contributed by atoms with Gasteiger partial charge in [-0.1, -0.05) is 26.0 Å². The van der Waals surface area contributed by atoms with Crippen LogP contribution in [0.15, 0.2) is 24.3 Å². The molecule has 0 heterocycles. The van der Waals surface area contributed by atoms with Crippen LogP contribution < -0.4 is 9.47 Å². The topological polar surface area (TPSA) is 38.7 Å². The van der Waals surface area contributed by atoms with Gasteiger partial charge in [-0.3, -0.25) is 0 Å². The molecule has 0 fully saturated rings. The molecule has 1 aromatic rings. The minimum Gasteiger partial charge on any atom is -0.493 e. The van der Waals surface area contributed by atoms with Crippen LogP contribution in [0.2, 0.25) is 0 Å². The van der Waals surface area contributed by atoms with E-state index in [1.165, 1.54) is 0 Å². The van der Waals surface area contributed by atoms with E-state index in [1.54, 1.807) is 7.11 Å². The zero-order valence-corrected chi connectivity index (χ0v) is 9.49. The predicted octanol–water partition coefficient (Wildman–Crippen LogP) is 2.09. The molecule has 0 aliphatic heterocycles. The summed E-state index contributed by atoms with van der Waals surface area (Å²) in [5.41, 5.74) is -0.235. The van der Waals surface area contributed by atoms with E-state index in [0.29, 0.717) is 18.1 Å². The van der Waals surface area contributed by atoms with E-state index in [2.05, 4.69) is 0 Å². The van der Waals surface area contributed by atoms with Crippen molar-refractivity contribution in [2.45, 2.75) is 13.8 Å². The van der Waals surface area contributed by atoms with Crippen LogP contribution in [0.1, 0.15) is 13.8 Å². The summed E-state index contributed by atoms with van der Waals surface area (Å²) in [6.45, 7) is 4.46. The van der Waals surface area contributed by atoms with Crippen LogP contribution in [-0.4, -0.2) is 25.4 Å². The van der Waals surface area contributed by atoms with E-state index in [0.717, 1.165) is 0 Å². The third-order valence-corrected chi connectivity index (χ3v) is 2.12. The molecular formula is C12H18O3. The minimum atomic E-state index is -0.235. The quantitative estimate of drug-likeness (QED) is 0.808. The molecule has 84 valence electrons. The standard InChI is InChI=1S/C12H18O3/c1-12(2,8-13)9-15-11-7-5-4-6-10(11)14-3/h4-7,13H,8-9H2,1-3H3. The highest BCUT2D eigenvalue weighted by molar-refractivity contribution is 5.39. The minimum absolute atomic E-state index is 0.0994. The summed E-state index contributed by atoms with van der Waals surface area (Å²) in [5.74, 6) is 1.42. The Morgan fingerprint density at radius 1 is 1.20 bits per heavy atom. The number of ether oxygens (including phenoxy) is 2. The fourth-order valence-electron chi connectivity index (χ4n) is 1.06. The number of methoxy groups -OCH3 is 1. The van der Waals surface area contributed by atoms with Crippen molar-refractivity contribution in [3.8, 4) is 11.5 Å². The summed E-state index contributed by atoms with van der Waals surface area (Å²) in [4.78, 5) is 0. The molecule has 0 unspecified atom stereocenters. The highest BCUT2D eigenvalue weighted by Gasteiger charge is 2.18. The van der Waals surface area contributed by atoms with Gasteiger partial charge >= 0.3 is 0 Å². The molecule has 0 aliphatic rings. The molecule has 0 spiro atoms. The third-order valence-electron chi connectivity index (χ3n) is 2.12. The van der Waals surface area contributed by atoms with Crippen molar-refractivity contribution >= 4 is 0 Å². The van der Waals surface area contributed by atoms with Crippen LogP contribution in [0.3, 0.4) is 0 Å². The van der Waals surface area contributed by atoms with Gasteiger partial charge in [0.15, 0.2) is 11.5 Å². The summed E-state index contributed by atoms with van der Waals surface area (Å²) in [6.07, 6.45) is 0. The number of benzene rings is 1. The van der Waals surface area contributed by atoms with E-state index in [-0.39, 0.29) is 12.0 Å². The Hall–Kier alpha value is -1.22. The van der Waals surface area contributed by atoms with Crippen LogP contribution in [0.5, 0.6) is 11.5 Å². The van der Waals surface area contributed by atoms with Gasteiger partial charge in [0.2, 0.25) is 0 Å². The molecule has 15 heavy (non-hydrogen) atoms. The Balaban J connectivity index is 2.65. The maximum absolute atomic E-state index is 9.09. The number of hydrogen-bond acceptors (Lipinski definition) is 3. The Morgan fingerprint density at radius 2 is 1.80 bits per heavy atom. The molecule has 0 aromatic heterocycles. The second kappa shape index (κ2) is 5.03. The van der Waals surface area contributed by atoms with Crippen LogP contribution in [0, 0.1) is 5.41 Å². The van der Waals surface area contributed by atoms with Gasteiger partial charge in [0.05, 0.1) is 20.3 Å². The molecule has 3 nitrogen and oxygen atoms in total. The van der Waals surface area contributed by atoms with Crippen molar-refractivity contribution in [2.75, 3.05) is 20.3 Å². The van der Waals surface area contributed by atoms with E-state index in [9.17, 15) is 0 Å². The van der Waals surface area contributed by atoms with Crippen molar-refractivity contribution in [1.82, 2.24) is 0 Å². The van der Waals surface area contributed by atoms with Crippen LogP contribution in [-0.2, 0) is 0 Å². The Bertz CT molecular complexity index is 307. The van der Waals surface area contributed by atoms with Crippen LogP contribution in [0.4, 0.5) is 0 Å². The normalized spacial score (nSPS) is 11.2. The first-order valence-corrected chi connectivity index (χ1v) is 4.96. The van der Waals surface area contributed by atoms with E-state index in [1.807, 2.05) is 38.1 Å². The molecule has 0 saturated carbocycles. The SMILES string of the molecule is COc1ccccc1OCC(C)(C)CO. The molecule has 0 amide bonds. The van der Waals surface area contributed by atoms with E-state index < -0.39 is 0 Å². The third kappa shape index (κ3) is 3.44. The first-order chi connectivity index (χ1) is 7.09. The van der Waals surface area contributed by atoms with Crippen molar-refractivity contribution in [3.05, 3.63) is 24.3 Å². The van der Waals surface area contributed by atoms with Gasteiger partial charge in [-0.15, -0.1) is 0 Å². The number of hydrogen-bond donors (Lipinski definition) is 1. The Labute approximate surface area is 90.6 Å². The van der Waals surface area contributed by atoms with Gasteiger partial charge < -0.3 is 14.6 Å². The van der Waals surface area contributed by atoms with Gasteiger partial charge in [0, 0.05) is 5.41 Å². The zero-order chi connectivity index (χ0) is 11.3. The van der Waals surface area contributed by atoms with Gasteiger partial charge in [0.25, 0.3) is 0 Å². The van der Waals surface area contributed by atoms with Crippen LogP contribution >= 0.6 is 0 Å². The largest absolute Gasteiger partial charge is 0.493 e. The van der Waals surface area contributed by atoms with Crippen molar-refractivity contribution in [2.24, 2.45) is 5.41 Å². The lowest BCUT2D eigenvalue weighted by Gasteiger charge is -2.22. The van der Waals surface area contributed by atoms with E-state index >= 15 is 0 Å². The van der Waals surface area contributed by atoms with E-state index in [4.69, 9.17) is 14.6 Å². The fraction of sp³-hybridized carbons (Fsp3) is 0.500. The second-order valence-electron chi connectivity index (χ2n) is 4.26. The second-order valence-corrected chi connectivity index (χ2v) is 4.26. The first kappa shape index (κ1) is 11.9. The lowest BCUT2D eigenvalue weighted by molar-refractivity contribution is 0.0959. The monoisotopic (exact) mass is 210 g/mol. The van der Waals surface area contributed by atoms with Gasteiger partial charge in [-0.05, 0) is 12.1 Å². The average molecular weight is 210 g/mol. The molecule has 0 saturated heterocycles. The lowest BCUT2D eigenvalue weighted by Crippen LogP contribution is -2.25. The highest BCUT2D eigenvalue weighted by atomic mass is 16.5. The highest BCUT2D eigenvalue weighted by Crippen LogP contribution is 2.27. The number of rotatable bonds is 5. The van der Waals surface area contributed by atoms with Gasteiger partial charge in [0.1, 0.15) is 0 Å². The lowest BCUT2D eigenvalue weighted by atomic mass is 9.96. The zero-order valence-electron chi connectivity index (χ0n) is 9.49. The van der Waals surface area contributed by atoms with Crippen molar-refractivity contribution in [3.63, 3.8) is 0 Å². The van der Waals surface area contributed by atoms with Crippen molar-refractivity contribution < 1.29 is 14.6 Å². The molecule has 1 N–H and O–H groups in total. The number of aliphatic hydroxyl groups is 1. The molecular weight excluding hydrogens is 192 g/mol. The molecule has 1 rings (SSSR count). The molecule has 1 aromatic carbocycles. The molecule has 3 heteroatoms. The van der Waals surface area contributed by atoms with Crippen LogP contribution in [0.25, 0.3) is 0 Å². The summed E-state index contributed by atoms with van der Waals surface area (Å²) in [6, 6.07) is 7.49. The maximum atomic E-state index is 9.09. The summed E-state index contributed by atoms with van der Waals surface area (Å²) in [7, 11) is 1.61. The molecule has 0 aliphatic carbocycles.